The number of hydrogen-bond donors (Lipinski definition) is 1. The van der Waals surface area contributed by atoms with Crippen molar-refractivity contribution in [2.45, 2.75) is 76.5 Å². The Morgan fingerprint density at radius 2 is 1.29 bits per heavy atom. The smallest absolute Gasteiger partial charge is 0.0467 e. The lowest BCUT2D eigenvalue weighted by atomic mass is 9.27. The zero-order valence-corrected chi connectivity index (χ0v) is 29.0. The molecule has 2 spiro atoms. The van der Waals surface area contributed by atoms with Gasteiger partial charge in [-0.3, -0.25) is 0 Å². The van der Waals surface area contributed by atoms with Gasteiger partial charge in [0.05, 0.1) is 0 Å². The minimum atomic E-state index is -0.0261. The van der Waals surface area contributed by atoms with Crippen LogP contribution in [0.2, 0.25) is 0 Å². The zero-order chi connectivity index (χ0) is 32.4. The molecule has 0 saturated heterocycles. The SMILES string of the molecule is CC(C)(C)c1ccc(-c2cc3c(cc2Nc2ccc4c(c2)C(C)(C)c2ccccc2-4)C2(c4ccccc4-3)C3CC4CC5CC2C53C4)cc1. The number of nitrogens with one attached hydrogen (secondary N) is 1. The molecule has 48 heavy (non-hydrogen) atoms. The highest BCUT2D eigenvalue weighted by molar-refractivity contribution is 5.93. The van der Waals surface area contributed by atoms with Crippen LogP contribution in [-0.4, -0.2) is 0 Å². The lowest BCUT2D eigenvalue weighted by Gasteiger charge is -2.76. The maximum absolute atomic E-state index is 4.07. The third-order valence-electron chi connectivity index (χ3n) is 14.7. The minimum absolute atomic E-state index is 0.0261. The fourth-order valence-electron chi connectivity index (χ4n) is 12.8. The maximum atomic E-state index is 4.07. The van der Waals surface area contributed by atoms with Crippen LogP contribution >= 0.6 is 0 Å². The third kappa shape index (κ3) is 3.12. The molecular formula is C47H45N. The molecule has 0 aromatic heterocycles. The molecule has 1 heteroatoms. The van der Waals surface area contributed by atoms with E-state index in [1.54, 1.807) is 11.1 Å². The molecule has 0 radical (unpaired) electrons. The van der Waals surface area contributed by atoms with Crippen molar-refractivity contribution in [2.24, 2.45) is 29.1 Å². The van der Waals surface area contributed by atoms with E-state index in [1.165, 1.54) is 87.1 Å². The number of benzene rings is 5. The van der Waals surface area contributed by atoms with Gasteiger partial charge in [-0.1, -0.05) is 113 Å². The Morgan fingerprint density at radius 3 is 2.04 bits per heavy atom. The zero-order valence-electron chi connectivity index (χ0n) is 29.0. The summed E-state index contributed by atoms with van der Waals surface area (Å²) in [6.45, 7) is 11.7. The standard InChI is InChI=1S/C47H45N/c1-44(2,3)29-16-14-28(15-17-29)35-24-36-33-11-7-9-13-38(33)47(42-21-27-20-30-22-43(47)46(30,42)26-27)40(36)25-41(35)48-31-18-19-34-32-10-6-8-12-37(32)45(4,5)39(34)23-31/h6-19,23-25,27,30,42-43,48H,20-22,26H2,1-5H3. The van der Waals surface area contributed by atoms with E-state index in [9.17, 15) is 0 Å². The predicted octanol–water partition coefficient (Wildman–Crippen LogP) is 12.0. The summed E-state index contributed by atoms with van der Waals surface area (Å²) in [5.74, 6) is 3.56. The predicted molar refractivity (Wildman–Crippen MR) is 199 cm³/mol. The number of hydrogen-bond acceptors (Lipinski definition) is 1. The van der Waals surface area contributed by atoms with Crippen molar-refractivity contribution in [3.63, 3.8) is 0 Å². The number of fused-ring (bicyclic) bond motifs is 11. The van der Waals surface area contributed by atoms with E-state index in [-0.39, 0.29) is 16.2 Å². The van der Waals surface area contributed by atoms with Gasteiger partial charge in [0.15, 0.2) is 0 Å². The average molecular weight is 624 g/mol. The molecule has 0 aliphatic heterocycles. The maximum Gasteiger partial charge on any atom is 0.0467 e. The van der Waals surface area contributed by atoms with Gasteiger partial charge in [-0.25, -0.2) is 0 Å². The molecule has 2 bridgehead atoms. The molecule has 4 saturated carbocycles. The molecule has 6 unspecified atom stereocenters. The van der Waals surface area contributed by atoms with Crippen LogP contribution in [0.1, 0.15) is 88.1 Å². The highest BCUT2D eigenvalue weighted by Gasteiger charge is 2.84. The summed E-state index contributed by atoms with van der Waals surface area (Å²) in [7, 11) is 0. The summed E-state index contributed by atoms with van der Waals surface area (Å²) in [5.41, 5.74) is 19.1. The van der Waals surface area contributed by atoms with E-state index >= 15 is 0 Å². The van der Waals surface area contributed by atoms with Gasteiger partial charge < -0.3 is 5.32 Å². The summed E-state index contributed by atoms with van der Waals surface area (Å²) in [5, 5.41) is 4.07. The molecule has 238 valence electrons. The van der Waals surface area contributed by atoms with Crippen LogP contribution in [-0.2, 0) is 16.2 Å². The summed E-state index contributed by atoms with van der Waals surface area (Å²) in [4.78, 5) is 0. The number of rotatable bonds is 3. The highest BCUT2D eigenvalue weighted by atomic mass is 14.9. The Kier molecular flexibility index (Phi) is 5.06. The quantitative estimate of drug-likeness (QED) is 0.211. The fraction of sp³-hybridized carbons (Fsp3) is 0.362. The van der Waals surface area contributed by atoms with Gasteiger partial charge in [0.2, 0.25) is 0 Å². The summed E-state index contributed by atoms with van der Waals surface area (Å²) in [6.07, 6.45) is 5.87. The van der Waals surface area contributed by atoms with Crippen molar-refractivity contribution in [3.05, 3.63) is 131 Å². The summed E-state index contributed by atoms with van der Waals surface area (Å²) < 4.78 is 0. The number of anilines is 2. The van der Waals surface area contributed by atoms with Crippen LogP contribution < -0.4 is 5.32 Å². The van der Waals surface area contributed by atoms with Gasteiger partial charge in [0.25, 0.3) is 0 Å². The van der Waals surface area contributed by atoms with E-state index in [0.29, 0.717) is 5.41 Å². The average Bonchev–Trinajstić information content (AvgIpc) is 3.76. The molecule has 0 amide bonds. The summed E-state index contributed by atoms with van der Waals surface area (Å²) in [6, 6.07) is 40.2. The van der Waals surface area contributed by atoms with Gasteiger partial charge in [-0.05, 0) is 140 Å². The normalized spacial score (nSPS) is 30.2. The minimum Gasteiger partial charge on any atom is -0.355 e. The monoisotopic (exact) mass is 623 g/mol. The van der Waals surface area contributed by atoms with Gasteiger partial charge in [0.1, 0.15) is 0 Å². The molecule has 11 rings (SSSR count). The van der Waals surface area contributed by atoms with Gasteiger partial charge >= 0.3 is 0 Å². The van der Waals surface area contributed by atoms with Crippen LogP contribution in [0.5, 0.6) is 0 Å². The van der Waals surface area contributed by atoms with E-state index < -0.39 is 0 Å². The molecular weight excluding hydrogens is 579 g/mol. The lowest BCUT2D eigenvalue weighted by molar-refractivity contribution is -0.231. The van der Waals surface area contributed by atoms with Crippen LogP contribution in [0.15, 0.2) is 103 Å². The molecule has 5 aromatic rings. The van der Waals surface area contributed by atoms with Crippen molar-refractivity contribution in [2.75, 3.05) is 5.32 Å². The first-order valence-corrected chi connectivity index (χ1v) is 18.5. The van der Waals surface area contributed by atoms with Gasteiger partial charge in [-0.2, -0.15) is 0 Å². The molecule has 6 aliphatic carbocycles. The van der Waals surface area contributed by atoms with E-state index in [0.717, 1.165) is 23.7 Å². The van der Waals surface area contributed by atoms with Crippen LogP contribution in [0.25, 0.3) is 33.4 Å². The van der Waals surface area contributed by atoms with E-state index in [4.69, 9.17) is 0 Å². The van der Waals surface area contributed by atoms with Gasteiger partial charge in [-0.15, -0.1) is 0 Å². The van der Waals surface area contributed by atoms with Crippen molar-refractivity contribution < 1.29 is 0 Å². The third-order valence-corrected chi connectivity index (χ3v) is 14.7. The Balaban J connectivity index is 1.10. The van der Waals surface area contributed by atoms with Crippen LogP contribution in [0.4, 0.5) is 11.4 Å². The van der Waals surface area contributed by atoms with Crippen LogP contribution in [0.3, 0.4) is 0 Å². The van der Waals surface area contributed by atoms with Crippen LogP contribution in [0, 0.1) is 29.1 Å². The highest BCUT2D eigenvalue weighted by Crippen LogP contribution is 2.89. The first kappa shape index (κ1) is 27.8. The summed E-state index contributed by atoms with van der Waals surface area (Å²) >= 11 is 0. The molecule has 5 aromatic carbocycles. The van der Waals surface area contributed by atoms with Crippen molar-refractivity contribution in [1.29, 1.82) is 0 Å². The fourth-order valence-corrected chi connectivity index (χ4v) is 12.8. The molecule has 6 atom stereocenters. The molecule has 0 heterocycles. The Hall–Kier alpha value is -4.10. The molecule has 6 aliphatic rings. The lowest BCUT2D eigenvalue weighted by Crippen LogP contribution is -2.73. The Morgan fingerprint density at radius 1 is 0.604 bits per heavy atom. The molecule has 1 N–H and O–H groups in total. The van der Waals surface area contributed by atoms with E-state index in [1.807, 2.05) is 0 Å². The first-order valence-electron chi connectivity index (χ1n) is 18.5. The second kappa shape index (κ2) is 8.73. The van der Waals surface area contributed by atoms with Crippen molar-refractivity contribution >= 4 is 11.4 Å². The largest absolute Gasteiger partial charge is 0.355 e. The van der Waals surface area contributed by atoms with Gasteiger partial charge in [0, 0.05) is 27.8 Å². The topological polar surface area (TPSA) is 12.0 Å². The Bertz CT molecular complexity index is 2210. The van der Waals surface area contributed by atoms with Crippen molar-refractivity contribution in [1.82, 2.24) is 0 Å². The molecule has 4 fully saturated rings. The Labute approximate surface area is 285 Å². The second-order valence-corrected chi connectivity index (χ2v) is 17.9. The first-order chi connectivity index (χ1) is 23.1. The van der Waals surface area contributed by atoms with E-state index in [2.05, 4.69) is 143 Å². The van der Waals surface area contributed by atoms with Crippen molar-refractivity contribution in [3.8, 4) is 33.4 Å². The molecule has 1 nitrogen and oxygen atoms in total. The second-order valence-electron chi connectivity index (χ2n) is 17.9.